The summed E-state index contributed by atoms with van der Waals surface area (Å²) in [7, 11) is 0. The van der Waals surface area contributed by atoms with Gasteiger partial charge in [-0.1, -0.05) is 29.5 Å². The summed E-state index contributed by atoms with van der Waals surface area (Å²) in [6.45, 7) is 4.09. The molecule has 25 heavy (non-hydrogen) atoms. The van der Waals surface area contributed by atoms with Crippen molar-refractivity contribution >= 4 is 32.9 Å². The zero-order valence-corrected chi connectivity index (χ0v) is 14.7. The van der Waals surface area contributed by atoms with Crippen LogP contribution in [0.25, 0.3) is 15.3 Å². The highest BCUT2D eigenvalue weighted by atomic mass is 32.1. The van der Waals surface area contributed by atoms with E-state index in [2.05, 4.69) is 21.5 Å². The topological polar surface area (TPSA) is 59.8 Å². The molecule has 2 heterocycles. The summed E-state index contributed by atoms with van der Waals surface area (Å²) in [5.41, 5.74) is 4.59. The van der Waals surface area contributed by atoms with Gasteiger partial charge in [-0.2, -0.15) is 9.78 Å². The van der Waals surface area contributed by atoms with Gasteiger partial charge in [0.1, 0.15) is 0 Å². The van der Waals surface area contributed by atoms with Crippen LogP contribution in [0.2, 0.25) is 0 Å². The number of hydrogen-bond acceptors (Lipinski definition) is 5. The van der Waals surface area contributed by atoms with Crippen molar-refractivity contribution in [3.05, 3.63) is 76.2 Å². The van der Waals surface area contributed by atoms with E-state index in [1.54, 1.807) is 6.20 Å². The summed E-state index contributed by atoms with van der Waals surface area (Å²) in [5.74, 6) is 0. The molecular weight excluding hydrogens is 332 g/mol. The van der Waals surface area contributed by atoms with Crippen molar-refractivity contribution in [2.24, 2.45) is 0 Å². The Balaban J connectivity index is 1.67. The summed E-state index contributed by atoms with van der Waals surface area (Å²) in [6, 6.07) is 15.5. The maximum atomic E-state index is 12.5. The number of fused-ring (bicyclic) bond motifs is 1. The van der Waals surface area contributed by atoms with E-state index in [1.165, 1.54) is 33.2 Å². The average molecular weight is 348 g/mol. The summed E-state index contributed by atoms with van der Waals surface area (Å²) >= 11 is 1.45. The number of benzene rings is 2. The predicted octanol–water partition coefficient (Wildman–Crippen LogP) is 4.20. The molecule has 6 heteroatoms. The Labute approximate surface area is 148 Å². The van der Waals surface area contributed by atoms with Gasteiger partial charge in [-0.15, -0.1) is 0 Å². The second-order valence-electron chi connectivity index (χ2n) is 5.96. The predicted molar refractivity (Wildman–Crippen MR) is 102 cm³/mol. The molecule has 0 saturated heterocycles. The van der Waals surface area contributed by atoms with Crippen LogP contribution in [0.5, 0.6) is 0 Å². The molecular formula is C19H16N4OS. The van der Waals surface area contributed by atoms with Crippen molar-refractivity contribution in [2.75, 3.05) is 5.32 Å². The molecule has 0 aliphatic heterocycles. The van der Waals surface area contributed by atoms with Crippen LogP contribution in [0.4, 0.5) is 11.4 Å². The summed E-state index contributed by atoms with van der Waals surface area (Å²) < 4.78 is 2.36. The van der Waals surface area contributed by atoms with Gasteiger partial charge in [0.2, 0.25) is 5.13 Å². The maximum Gasteiger partial charge on any atom is 0.275 e. The largest absolute Gasteiger partial charge is 0.354 e. The van der Waals surface area contributed by atoms with Crippen LogP contribution in [0.15, 0.2) is 59.5 Å². The number of aryl methyl sites for hydroxylation is 2. The molecule has 0 saturated carbocycles. The first-order valence-corrected chi connectivity index (χ1v) is 8.71. The highest BCUT2D eigenvalue weighted by Crippen LogP contribution is 2.23. The van der Waals surface area contributed by atoms with E-state index in [4.69, 9.17) is 0 Å². The molecule has 0 bridgehead atoms. The SMILES string of the molecule is Cc1cc(C)cc(Nc2cnn(-c3nc4ccccc4s3)c(=O)c2)c1. The zero-order valence-electron chi connectivity index (χ0n) is 13.9. The van der Waals surface area contributed by atoms with E-state index >= 15 is 0 Å². The van der Waals surface area contributed by atoms with Gasteiger partial charge in [0.25, 0.3) is 5.56 Å². The van der Waals surface area contributed by atoms with Crippen molar-refractivity contribution in [1.82, 2.24) is 14.8 Å². The van der Waals surface area contributed by atoms with Gasteiger partial charge in [0.15, 0.2) is 0 Å². The smallest absolute Gasteiger partial charge is 0.275 e. The van der Waals surface area contributed by atoms with Gasteiger partial charge in [-0.25, -0.2) is 4.98 Å². The van der Waals surface area contributed by atoms with Crippen LogP contribution in [0.1, 0.15) is 11.1 Å². The Morgan fingerprint density at radius 3 is 2.48 bits per heavy atom. The standard InChI is InChI=1S/C19H16N4OS/c1-12-7-13(2)9-14(8-12)21-15-10-18(24)23(20-11-15)19-22-16-5-3-4-6-17(16)25-19/h3-11,21H,1-2H3. The molecule has 0 aliphatic rings. The zero-order chi connectivity index (χ0) is 17.4. The van der Waals surface area contributed by atoms with Crippen molar-refractivity contribution in [2.45, 2.75) is 13.8 Å². The average Bonchev–Trinajstić information content (AvgIpc) is 2.97. The molecule has 4 rings (SSSR count). The Kier molecular flexibility index (Phi) is 3.82. The van der Waals surface area contributed by atoms with Crippen LogP contribution in [-0.4, -0.2) is 14.8 Å². The van der Waals surface area contributed by atoms with E-state index < -0.39 is 0 Å². The molecule has 0 fully saturated rings. The molecule has 0 spiro atoms. The van der Waals surface area contributed by atoms with Gasteiger partial charge < -0.3 is 5.32 Å². The number of para-hydroxylation sites is 1. The third kappa shape index (κ3) is 3.16. The molecule has 5 nitrogen and oxygen atoms in total. The molecule has 124 valence electrons. The number of hydrogen-bond donors (Lipinski definition) is 1. The van der Waals surface area contributed by atoms with Crippen molar-refractivity contribution in [3.8, 4) is 5.13 Å². The van der Waals surface area contributed by atoms with Gasteiger partial charge >= 0.3 is 0 Å². The van der Waals surface area contributed by atoms with E-state index in [-0.39, 0.29) is 5.56 Å². The normalized spacial score (nSPS) is 11.0. The third-order valence-corrected chi connectivity index (χ3v) is 4.79. The van der Waals surface area contributed by atoms with Crippen LogP contribution >= 0.6 is 11.3 Å². The third-order valence-electron chi connectivity index (χ3n) is 3.77. The molecule has 0 amide bonds. The minimum Gasteiger partial charge on any atom is -0.354 e. The number of nitrogens with zero attached hydrogens (tertiary/aromatic N) is 3. The fourth-order valence-electron chi connectivity index (χ4n) is 2.78. The van der Waals surface area contributed by atoms with Crippen LogP contribution in [0.3, 0.4) is 0 Å². The number of nitrogens with one attached hydrogen (secondary N) is 1. The Hall–Kier alpha value is -2.99. The highest BCUT2D eigenvalue weighted by molar-refractivity contribution is 7.20. The molecule has 2 aromatic carbocycles. The first-order chi connectivity index (χ1) is 12.1. The minimum atomic E-state index is -0.214. The Morgan fingerprint density at radius 2 is 1.76 bits per heavy atom. The first-order valence-electron chi connectivity index (χ1n) is 7.89. The second-order valence-corrected chi connectivity index (χ2v) is 6.97. The number of rotatable bonds is 3. The molecule has 0 atom stereocenters. The van der Waals surface area contributed by atoms with Crippen LogP contribution < -0.4 is 10.9 Å². The lowest BCUT2D eigenvalue weighted by molar-refractivity contribution is 0.803. The Bertz CT molecular complexity index is 1080. The first kappa shape index (κ1) is 15.5. The van der Waals surface area contributed by atoms with E-state index in [0.717, 1.165) is 15.9 Å². The van der Waals surface area contributed by atoms with Gasteiger partial charge in [0.05, 0.1) is 22.1 Å². The lowest BCUT2D eigenvalue weighted by Gasteiger charge is -2.08. The van der Waals surface area contributed by atoms with Gasteiger partial charge in [0, 0.05) is 11.8 Å². The highest BCUT2D eigenvalue weighted by Gasteiger charge is 2.09. The van der Waals surface area contributed by atoms with E-state index in [0.29, 0.717) is 10.8 Å². The number of aromatic nitrogens is 3. The molecule has 4 aromatic rings. The monoisotopic (exact) mass is 348 g/mol. The molecule has 2 aromatic heterocycles. The lowest BCUT2D eigenvalue weighted by Crippen LogP contribution is -2.20. The van der Waals surface area contributed by atoms with Crippen LogP contribution in [0, 0.1) is 13.8 Å². The molecule has 0 aliphatic carbocycles. The van der Waals surface area contributed by atoms with Crippen molar-refractivity contribution in [3.63, 3.8) is 0 Å². The second kappa shape index (κ2) is 6.14. The van der Waals surface area contributed by atoms with Gasteiger partial charge in [-0.3, -0.25) is 4.79 Å². The lowest BCUT2D eigenvalue weighted by atomic mass is 10.1. The van der Waals surface area contributed by atoms with Crippen molar-refractivity contribution < 1.29 is 0 Å². The summed E-state index contributed by atoms with van der Waals surface area (Å²) in [6.07, 6.45) is 1.64. The van der Waals surface area contributed by atoms with E-state index in [9.17, 15) is 4.79 Å². The minimum absolute atomic E-state index is 0.214. The number of anilines is 2. The van der Waals surface area contributed by atoms with E-state index in [1.807, 2.05) is 50.2 Å². The molecule has 0 unspecified atom stereocenters. The summed E-state index contributed by atoms with van der Waals surface area (Å²) in [4.78, 5) is 16.9. The maximum absolute atomic E-state index is 12.5. The Morgan fingerprint density at radius 1 is 1.00 bits per heavy atom. The van der Waals surface area contributed by atoms with Crippen molar-refractivity contribution in [1.29, 1.82) is 0 Å². The number of thiazole rings is 1. The fraction of sp³-hybridized carbons (Fsp3) is 0.105. The fourth-order valence-corrected chi connectivity index (χ4v) is 3.71. The molecule has 0 radical (unpaired) electrons. The summed E-state index contributed by atoms with van der Waals surface area (Å²) in [5, 5.41) is 8.09. The quantitative estimate of drug-likeness (QED) is 0.603. The van der Waals surface area contributed by atoms with Crippen LogP contribution in [-0.2, 0) is 0 Å². The molecule has 1 N–H and O–H groups in total. The van der Waals surface area contributed by atoms with Gasteiger partial charge in [-0.05, 0) is 49.2 Å².